The third-order valence-electron chi connectivity index (χ3n) is 3.46. The Balaban J connectivity index is 0.00000676. The third kappa shape index (κ3) is 10.9. The SMILES string of the molecule is CN=C(NCCCNC(=O)OC(C)(C)C)NCc1ccc(OC)c(C)c1.I. The van der Waals surface area contributed by atoms with Crippen LogP contribution in [-0.4, -0.2) is 44.9 Å². The smallest absolute Gasteiger partial charge is 0.407 e. The lowest BCUT2D eigenvalue weighted by Crippen LogP contribution is -2.39. The molecule has 7 nitrogen and oxygen atoms in total. The van der Waals surface area contributed by atoms with E-state index in [2.05, 4.69) is 27.0 Å². The number of ether oxygens (including phenoxy) is 2. The Labute approximate surface area is 179 Å². The number of aryl methyl sites for hydroxylation is 1. The molecule has 0 aliphatic heterocycles. The second kappa shape index (κ2) is 12.6. The van der Waals surface area contributed by atoms with Crippen LogP contribution in [0.2, 0.25) is 0 Å². The number of nitrogens with one attached hydrogen (secondary N) is 3. The minimum Gasteiger partial charge on any atom is -0.496 e. The number of aliphatic imine (C=N–C) groups is 1. The van der Waals surface area contributed by atoms with Crippen molar-refractivity contribution < 1.29 is 14.3 Å². The predicted octanol–water partition coefficient (Wildman–Crippen LogP) is 3.20. The van der Waals surface area contributed by atoms with Crippen molar-refractivity contribution in [1.82, 2.24) is 16.0 Å². The Bertz CT molecular complexity index is 615. The van der Waals surface area contributed by atoms with Crippen molar-refractivity contribution in [1.29, 1.82) is 0 Å². The summed E-state index contributed by atoms with van der Waals surface area (Å²) in [7, 11) is 3.40. The number of guanidine groups is 1. The summed E-state index contributed by atoms with van der Waals surface area (Å²) in [6.07, 6.45) is 0.372. The molecule has 0 heterocycles. The molecule has 0 aromatic heterocycles. The summed E-state index contributed by atoms with van der Waals surface area (Å²) < 4.78 is 10.5. The molecule has 8 heteroatoms. The Morgan fingerprint density at radius 2 is 1.81 bits per heavy atom. The molecule has 0 saturated carbocycles. The molecule has 0 fully saturated rings. The van der Waals surface area contributed by atoms with Gasteiger partial charge in [-0.3, -0.25) is 4.99 Å². The number of carbonyl (C=O) groups excluding carboxylic acids is 1. The molecule has 0 radical (unpaired) electrons. The van der Waals surface area contributed by atoms with Crippen molar-refractivity contribution >= 4 is 36.0 Å². The summed E-state index contributed by atoms with van der Waals surface area (Å²) in [5.74, 6) is 1.60. The first kappa shape index (κ1) is 25.3. The Hall–Kier alpha value is -1.71. The quantitative estimate of drug-likeness (QED) is 0.236. The Kier molecular flexibility index (Phi) is 11.8. The number of benzene rings is 1. The van der Waals surface area contributed by atoms with E-state index in [0.717, 1.165) is 29.3 Å². The fourth-order valence-corrected chi connectivity index (χ4v) is 2.26. The van der Waals surface area contributed by atoms with Crippen LogP contribution in [-0.2, 0) is 11.3 Å². The maximum atomic E-state index is 11.5. The molecule has 0 unspecified atom stereocenters. The Morgan fingerprint density at radius 3 is 2.37 bits per heavy atom. The first-order valence-corrected chi connectivity index (χ1v) is 8.80. The first-order chi connectivity index (χ1) is 12.2. The summed E-state index contributed by atoms with van der Waals surface area (Å²) in [6, 6.07) is 6.08. The number of carbonyl (C=O) groups is 1. The minimum atomic E-state index is -0.478. The van der Waals surface area contributed by atoms with Crippen LogP contribution in [0.25, 0.3) is 0 Å². The molecule has 3 N–H and O–H groups in total. The van der Waals surface area contributed by atoms with Gasteiger partial charge in [0.15, 0.2) is 5.96 Å². The largest absolute Gasteiger partial charge is 0.496 e. The summed E-state index contributed by atoms with van der Waals surface area (Å²) in [4.78, 5) is 15.7. The lowest BCUT2D eigenvalue weighted by atomic mass is 10.1. The number of methoxy groups -OCH3 is 1. The highest BCUT2D eigenvalue weighted by Gasteiger charge is 2.15. The zero-order valence-electron chi connectivity index (χ0n) is 17.1. The molecular weight excluding hydrogens is 459 g/mol. The second-order valence-corrected chi connectivity index (χ2v) is 6.94. The van der Waals surface area contributed by atoms with E-state index in [4.69, 9.17) is 9.47 Å². The summed E-state index contributed by atoms with van der Waals surface area (Å²) in [5.41, 5.74) is 1.77. The molecule has 0 saturated heterocycles. The molecule has 27 heavy (non-hydrogen) atoms. The molecule has 0 spiro atoms. The van der Waals surface area contributed by atoms with Crippen LogP contribution in [0.4, 0.5) is 4.79 Å². The van der Waals surface area contributed by atoms with Gasteiger partial charge >= 0.3 is 6.09 Å². The fraction of sp³-hybridized carbons (Fsp3) is 0.579. The van der Waals surface area contributed by atoms with Crippen molar-refractivity contribution in [3.63, 3.8) is 0 Å². The molecule has 1 rings (SSSR count). The highest BCUT2D eigenvalue weighted by molar-refractivity contribution is 14.0. The van der Waals surface area contributed by atoms with E-state index in [1.807, 2.05) is 39.8 Å². The molecule has 0 bridgehead atoms. The van der Waals surface area contributed by atoms with Gasteiger partial charge in [0.1, 0.15) is 11.4 Å². The molecule has 1 aromatic carbocycles. The molecule has 0 atom stereocenters. The number of nitrogens with zero attached hydrogens (tertiary/aromatic N) is 1. The minimum absolute atomic E-state index is 0. The standard InChI is InChI=1S/C19H32N4O3.HI/c1-14-12-15(8-9-16(14)25-6)13-23-17(20-5)21-10-7-11-22-18(24)26-19(2,3)4;/h8-9,12H,7,10-11,13H2,1-6H3,(H,22,24)(H2,20,21,23);1H. The lowest BCUT2D eigenvalue weighted by Gasteiger charge is -2.19. The molecule has 154 valence electrons. The van der Waals surface area contributed by atoms with E-state index in [1.165, 1.54) is 0 Å². The third-order valence-corrected chi connectivity index (χ3v) is 3.46. The van der Waals surface area contributed by atoms with E-state index in [0.29, 0.717) is 19.6 Å². The normalized spacial score (nSPS) is 11.3. The van der Waals surface area contributed by atoms with Crippen molar-refractivity contribution in [2.24, 2.45) is 4.99 Å². The topological polar surface area (TPSA) is 84.0 Å². The highest BCUT2D eigenvalue weighted by Crippen LogP contribution is 2.18. The van der Waals surface area contributed by atoms with Crippen LogP contribution in [0.3, 0.4) is 0 Å². The van der Waals surface area contributed by atoms with Gasteiger partial charge < -0.3 is 25.4 Å². The zero-order valence-corrected chi connectivity index (χ0v) is 19.5. The van der Waals surface area contributed by atoms with E-state index in [1.54, 1.807) is 14.2 Å². The number of hydrogen-bond acceptors (Lipinski definition) is 4. The number of amides is 1. The maximum Gasteiger partial charge on any atom is 0.407 e. The predicted molar refractivity (Wildman–Crippen MR) is 120 cm³/mol. The van der Waals surface area contributed by atoms with Crippen molar-refractivity contribution in [2.75, 3.05) is 27.2 Å². The molecule has 1 amide bonds. The highest BCUT2D eigenvalue weighted by atomic mass is 127. The zero-order chi connectivity index (χ0) is 19.6. The number of halogens is 1. The van der Waals surface area contributed by atoms with Crippen molar-refractivity contribution in [2.45, 2.75) is 46.3 Å². The van der Waals surface area contributed by atoms with Gasteiger partial charge in [-0.05, 0) is 51.3 Å². The number of rotatable bonds is 7. The average molecular weight is 492 g/mol. The number of hydrogen-bond donors (Lipinski definition) is 3. The number of alkyl carbamates (subject to hydrolysis) is 1. The van der Waals surface area contributed by atoms with Crippen LogP contribution < -0.4 is 20.7 Å². The molecule has 0 aliphatic rings. The average Bonchev–Trinajstić information content (AvgIpc) is 2.55. The van der Waals surface area contributed by atoms with Crippen molar-refractivity contribution in [3.05, 3.63) is 29.3 Å². The van der Waals surface area contributed by atoms with Gasteiger partial charge in [-0.15, -0.1) is 24.0 Å². The van der Waals surface area contributed by atoms with E-state index in [-0.39, 0.29) is 24.0 Å². The first-order valence-electron chi connectivity index (χ1n) is 8.80. The molecule has 0 aliphatic carbocycles. The lowest BCUT2D eigenvalue weighted by molar-refractivity contribution is 0.0527. The monoisotopic (exact) mass is 492 g/mol. The summed E-state index contributed by atoms with van der Waals surface area (Å²) in [6.45, 7) is 9.44. The van der Waals surface area contributed by atoms with Crippen LogP contribution in [0, 0.1) is 6.92 Å². The van der Waals surface area contributed by atoms with Crippen LogP contribution >= 0.6 is 24.0 Å². The van der Waals surface area contributed by atoms with Crippen LogP contribution in [0.15, 0.2) is 23.2 Å². The summed E-state index contributed by atoms with van der Waals surface area (Å²) >= 11 is 0. The fourth-order valence-electron chi connectivity index (χ4n) is 2.26. The van der Waals surface area contributed by atoms with Gasteiger partial charge in [0.2, 0.25) is 0 Å². The van der Waals surface area contributed by atoms with Gasteiger partial charge in [-0.2, -0.15) is 0 Å². The van der Waals surface area contributed by atoms with Gasteiger partial charge in [0.25, 0.3) is 0 Å². The van der Waals surface area contributed by atoms with Crippen LogP contribution in [0.1, 0.15) is 38.3 Å². The molecule has 1 aromatic rings. The van der Waals surface area contributed by atoms with Gasteiger partial charge in [0, 0.05) is 26.7 Å². The van der Waals surface area contributed by atoms with Gasteiger partial charge in [-0.1, -0.05) is 12.1 Å². The maximum absolute atomic E-state index is 11.5. The van der Waals surface area contributed by atoms with Crippen LogP contribution in [0.5, 0.6) is 5.75 Å². The molecular formula is C19H33IN4O3. The van der Waals surface area contributed by atoms with Crippen molar-refractivity contribution in [3.8, 4) is 5.75 Å². The van der Waals surface area contributed by atoms with E-state index >= 15 is 0 Å². The summed E-state index contributed by atoms with van der Waals surface area (Å²) in [5, 5.41) is 9.22. The second-order valence-electron chi connectivity index (χ2n) is 6.94. The van der Waals surface area contributed by atoms with E-state index in [9.17, 15) is 4.79 Å². The Morgan fingerprint density at radius 1 is 1.15 bits per heavy atom. The van der Waals surface area contributed by atoms with E-state index < -0.39 is 11.7 Å². The van der Waals surface area contributed by atoms with Gasteiger partial charge in [0.05, 0.1) is 7.11 Å². The van der Waals surface area contributed by atoms with Gasteiger partial charge in [-0.25, -0.2) is 4.79 Å².